The lowest BCUT2D eigenvalue weighted by molar-refractivity contribution is 0.444. The number of fused-ring (bicyclic) bond motifs is 3. The summed E-state index contributed by atoms with van der Waals surface area (Å²) in [6.45, 7) is 1.95. The smallest absolute Gasteiger partial charge is 0.227 e. The number of hydrogen-bond acceptors (Lipinski definition) is 6. The van der Waals surface area contributed by atoms with Gasteiger partial charge in [-0.25, -0.2) is 14.6 Å². The molecule has 0 amide bonds. The maximum atomic E-state index is 6.12. The van der Waals surface area contributed by atoms with Crippen molar-refractivity contribution in [2.45, 2.75) is 6.92 Å². The van der Waals surface area contributed by atoms with Crippen molar-refractivity contribution in [3.05, 3.63) is 90.9 Å². The van der Waals surface area contributed by atoms with Gasteiger partial charge < -0.3 is 9.15 Å². The average molecular weight is 419 g/mol. The number of pyridine rings is 3. The third-order valence-corrected chi connectivity index (χ3v) is 5.16. The van der Waals surface area contributed by atoms with Crippen LogP contribution in [-0.2, 0) is 0 Å². The first-order chi connectivity index (χ1) is 15.7. The average Bonchev–Trinajstić information content (AvgIpc) is 3.47. The molecule has 5 aromatic heterocycles. The second-order valence-electron chi connectivity index (χ2n) is 7.34. The molecular weight excluding hydrogens is 402 g/mol. The lowest BCUT2D eigenvalue weighted by atomic mass is 10.1. The van der Waals surface area contributed by atoms with Gasteiger partial charge in [0.15, 0.2) is 5.82 Å². The van der Waals surface area contributed by atoms with Crippen molar-refractivity contribution >= 4 is 22.1 Å². The fourth-order valence-corrected chi connectivity index (χ4v) is 3.69. The van der Waals surface area contributed by atoms with Crippen molar-refractivity contribution in [2.75, 3.05) is 0 Å². The predicted octanol–water partition coefficient (Wildman–Crippen LogP) is 5.72. The zero-order valence-corrected chi connectivity index (χ0v) is 17.1. The predicted molar refractivity (Wildman–Crippen MR) is 121 cm³/mol. The lowest BCUT2D eigenvalue weighted by Gasteiger charge is -2.08. The number of furan rings is 1. The molecule has 0 aliphatic carbocycles. The molecule has 0 saturated heterocycles. The summed E-state index contributed by atoms with van der Waals surface area (Å²) in [5.74, 6) is 1.54. The van der Waals surface area contributed by atoms with E-state index in [9.17, 15) is 0 Å². The molecule has 6 aromatic rings. The third kappa shape index (κ3) is 3.16. The minimum atomic E-state index is 0.435. The maximum Gasteiger partial charge on any atom is 0.227 e. The van der Waals surface area contributed by atoms with Gasteiger partial charge in [-0.2, -0.15) is 10.1 Å². The second-order valence-corrected chi connectivity index (χ2v) is 7.34. The number of rotatable bonds is 4. The van der Waals surface area contributed by atoms with E-state index in [-0.39, 0.29) is 0 Å². The summed E-state index contributed by atoms with van der Waals surface area (Å²) in [6, 6.07) is 23.0. The minimum absolute atomic E-state index is 0.435. The molecule has 0 spiro atoms. The molecule has 0 radical (unpaired) electrons. The number of aryl methyl sites for hydroxylation is 1. The van der Waals surface area contributed by atoms with E-state index < -0.39 is 0 Å². The summed E-state index contributed by atoms with van der Waals surface area (Å²) in [5, 5.41) is 6.20. The molecular formula is C25H17N5O2. The van der Waals surface area contributed by atoms with E-state index in [1.807, 2.05) is 73.8 Å². The fourth-order valence-electron chi connectivity index (χ4n) is 3.69. The molecule has 7 heteroatoms. The highest BCUT2D eigenvalue weighted by Gasteiger charge is 2.14. The number of para-hydroxylation sites is 1. The highest BCUT2D eigenvalue weighted by Crippen LogP contribution is 2.35. The Balaban J connectivity index is 1.39. The van der Waals surface area contributed by atoms with Gasteiger partial charge in [-0.15, -0.1) is 0 Å². The van der Waals surface area contributed by atoms with Crippen LogP contribution >= 0.6 is 0 Å². The molecule has 154 valence electrons. The molecule has 0 bridgehead atoms. The summed E-state index contributed by atoms with van der Waals surface area (Å²) in [7, 11) is 0. The van der Waals surface area contributed by atoms with E-state index in [0.29, 0.717) is 23.3 Å². The van der Waals surface area contributed by atoms with Crippen molar-refractivity contribution in [3.63, 3.8) is 0 Å². The number of ether oxygens (including phenoxy) is 1. The molecule has 0 atom stereocenters. The van der Waals surface area contributed by atoms with Crippen LogP contribution in [0, 0.1) is 6.92 Å². The van der Waals surface area contributed by atoms with E-state index in [4.69, 9.17) is 14.1 Å². The van der Waals surface area contributed by atoms with E-state index in [0.717, 1.165) is 33.3 Å². The molecule has 7 nitrogen and oxygen atoms in total. The summed E-state index contributed by atoms with van der Waals surface area (Å²) in [5.41, 5.74) is 3.91. The molecule has 0 fully saturated rings. The normalized spacial score (nSPS) is 11.3. The molecule has 0 saturated carbocycles. The summed E-state index contributed by atoms with van der Waals surface area (Å²) < 4.78 is 13.8. The molecule has 1 aromatic carbocycles. The van der Waals surface area contributed by atoms with Crippen LogP contribution in [0.15, 0.2) is 89.6 Å². The molecule has 32 heavy (non-hydrogen) atoms. The molecule has 0 unspecified atom stereocenters. The molecule has 5 heterocycles. The standard InChI is InChI=1S/C25H17N5O2/c1-16-12-13-18-17-6-2-7-19(24(17)32-25(18)27-16)20-8-3-10-22(28-20)31-23-11-4-9-21(29-23)30-15-5-14-26-30/h2-15H,1H3. The quantitative estimate of drug-likeness (QED) is 0.363. The summed E-state index contributed by atoms with van der Waals surface area (Å²) in [6.07, 6.45) is 3.53. The number of hydrogen-bond donors (Lipinski definition) is 0. The number of nitrogens with zero attached hydrogens (tertiary/aromatic N) is 5. The van der Waals surface area contributed by atoms with Crippen LogP contribution < -0.4 is 4.74 Å². The first-order valence-electron chi connectivity index (χ1n) is 10.2. The lowest BCUT2D eigenvalue weighted by Crippen LogP contribution is -1.99. The molecule has 0 aliphatic heterocycles. The Kier molecular flexibility index (Phi) is 4.18. The van der Waals surface area contributed by atoms with Gasteiger partial charge in [0.2, 0.25) is 17.5 Å². The van der Waals surface area contributed by atoms with E-state index >= 15 is 0 Å². The first-order valence-corrected chi connectivity index (χ1v) is 10.2. The van der Waals surface area contributed by atoms with E-state index in [1.54, 1.807) is 23.0 Å². The first kappa shape index (κ1) is 18.3. The monoisotopic (exact) mass is 419 g/mol. The van der Waals surface area contributed by atoms with Crippen LogP contribution in [0.2, 0.25) is 0 Å². The Morgan fingerprint density at radius 2 is 1.62 bits per heavy atom. The Morgan fingerprint density at radius 1 is 0.781 bits per heavy atom. The van der Waals surface area contributed by atoms with Gasteiger partial charge in [0.1, 0.15) is 5.58 Å². The van der Waals surface area contributed by atoms with Crippen molar-refractivity contribution in [1.29, 1.82) is 0 Å². The van der Waals surface area contributed by atoms with Gasteiger partial charge in [0, 0.05) is 46.6 Å². The van der Waals surface area contributed by atoms with Crippen LogP contribution in [0.1, 0.15) is 5.69 Å². The van der Waals surface area contributed by atoms with Gasteiger partial charge in [-0.1, -0.05) is 24.3 Å². The van der Waals surface area contributed by atoms with E-state index in [1.165, 1.54) is 0 Å². The topological polar surface area (TPSA) is 78.9 Å². The van der Waals surface area contributed by atoms with Crippen LogP contribution in [0.3, 0.4) is 0 Å². The van der Waals surface area contributed by atoms with Gasteiger partial charge in [-0.05, 0) is 43.3 Å². The number of aromatic nitrogens is 5. The summed E-state index contributed by atoms with van der Waals surface area (Å²) >= 11 is 0. The molecule has 0 N–H and O–H groups in total. The molecule has 0 aliphatic rings. The minimum Gasteiger partial charge on any atom is -0.437 e. The number of benzene rings is 1. The largest absolute Gasteiger partial charge is 0.437 e. The van der Waals surface area contributed by atoms with Gasteiger partial charge >= 0.3 is 0 Å². The second kappa shape index (κ2) is 7.31. The van der Waals surface area contributed by atoms with Crippen LogP contribution in [0.4, 0.5) is 0 Å². The SMILES string of the molecule is Cc1ccc2c(n1)oc1c(-c3cccc(Oc4cccc(-n5cccn5)n4)n3)cccc12. The Bertz CT molecular complexity index is 1570. The zero-order chi connectivity index (χ0) is 21.5. The van der Waals surface area contributed by atoms with Crippen LogP contribution in [-0.4, -0.2) is 24.7 Å². The highest BCUT2D eigenvalue weighted by atomic mass is 16.5. The van der Waals surface area contributed by atoms with Crippen molar-refractivity contribution < 1.29 is 9.15 Å². The Labute approximate surface area is 183 Å². The van der Waals surface area contributed by atoms with Crippen molar-refractivity contribution in [2.24, 2.45) is 0 Å². The maximum absolute atomic E-state index is 6.12. The van der Waals surface area contributed by atoms with Gasteiger partial charge in [-0.3, -0.25) is 0 Å². The summed E-state index contributed by atoms with van der Waals surface area (Å²) in [4.78, 5) is 13.7. The van der Waals surface area contributed by atoms with Crippen molar-refractivity contribution in [3.8, 4) is 28.8 Å². The van der Waals surface area contributed by atoms with Crippen molar-refractivity contribution in [1.82, 2.24) is 24.7 Å². The van der Waals surface area contributed by atoms with Crippen LogP contribution in [0.5, 0.6) is 11.8 Å². The Hall–Kier alpha value is -4.52. The van der Waals surface area contributed by atoms with Gasteiger partial charge in [0.25, 0.3) is 0 Å². The third-order valence-electron chi connectivity index (χ3n) is 5.16. The van der Waals surface area contributed by atoms with E-state index in [2.05, 4.69) is 15.1 Å². The van der Waals surface area contributed by atoms with Gasteiger partial charge in [0.05, 0.1) is 5.69 Å². The Morgan fingerprint density at radius 3 is 2.50 bits per heavy atom. The zero-order valence-electron chi connectivity index (χ0n) is 17.1. The molecule has 6 rings (SSSR count). The fraction of sp³-hybridized carbons (Fsp3) is 0.0400. The van der Waals surface area contributed by atoms with Crippen LogP contribution in [0.25, 0.3) is 39.1 Å². The highest BCUT2D eigenvalue weighted by molar-refractivity contribution is 6.08.